The van der Waals surface area contributed by atoms with Gasteiger partial charge in [0.2, 0.25) is 0 Å². The van der Waals surface area contributed by atoms with E-state index in [1.165, 1.54) is 32.7 Å². The number of nitrogens with zero attached hydrogens (tertiary/aromatic N) is 8. The number of aromatic nitrogens is 8. The van der Waals surface area contributed by atoms with Crippen LogP contribution in [-0.4, -0.2) is 39.0 Å². The first kappa shape index (κ1) is 65.1. The number of benzene rings is 16. The molecule has 6 aromatic heterocycles. The minimum absolute atomic E-state index is 0.622. The van der Waals surface area contributed by atoms with Gasteiger partial charge in [0, 0.05) is 99.0 Å². The third-order valence-electron chi connectivity index (χ3n) is 21.3. The first-order valence-corrected chi connectivity index (χ1v) is 37.5. The molecular formula is C102H64N8O2. The molecule has 10 nitrogen and oxygen atoms in total. The van der Waals surface area contributed by atoms with Crippen LogP contribution in [0.15, 0.2) is 397 Å². The van der Waals surface area contributed by atoms with Gasteiger partial charge in [-0.15, -0.1) is 0 Å². The lowest BCUT2D eigenvalue weighted by Gasteiger charge is -2.11. The van der Waals surface area contributed by atoms with Crippen molar-refractivity contribution in [1.82, 2.24) is 39.0 Å². The molecule has 6 heterocycles. The zero-order valence-electron chi connectivity index (χ0n) is 60.3. The van der Waals surface area contributed by atoms with E-state index in [0.717, 1.165) is 144 Å². The minimum Gasteiger partial charge on any atom is -0.455 e. The quantitative estimate of drug-likeness (QED) is 0.119. The normalized spacial score (nSPS) is 11.6. The van der Waals surface area contributed by atoms with Gasteiger partial charge in [0.05, 0.1) is 22.1 Å². The number of hydrogen-bond donors (Lipinski definition) is 0. The van der Waals surface area contributed by atoms with Gasteiger partial charge in [-0.1, -0.05) is 279 Å². The highest BCUT2D eigenvalue weighted by Crippen LogP contribution is 2.44. The van der Waals surface area contributed by atoms with E-state index in [1.54, 1.807) is 0 Å². The summed E-state index contributed by atoms with van der Waals surface area (Å²) in [6, 6.07) is 135. The maximum atomic E-state index is 6.48. The summed E-state index contributed by atoms with van der Waals surface area (Å²) in [6.07, 6.45) is 0. The van der Waals surface area contributed by atoms with E-state index in [2.05, 4.69) is 276 Å². The summed E-state index contributed by atoms with van der Waals surface area (Å²) >= 11 is 0. The van der Waals surface area contributed by atoms with Gasteiger partial charge in [-0.3, -0.25) is 0 Å². The van der Waals surface area contributed by atoms with E-state index in [1.807, 2.05) is 121 Å². The summed E-state index contributed by atoms with van der Waals surface area (Å²) in [5.74, 6) is 3.80. The van der Waals surface area contributed by atoms with Crippen molar-refractivity contribution in [3.63, 3.8) is 0 Å². The van der Waals surface area contributed by atoms with Crippen LogP contribution in [0.3, 0.4) is 0 Å². The van der Waals surface area contributed by atoms with Gasteiger partial charge in [0.15, 0.2) is 34.9 Å². The van der Waals surface area contributed by atoms with Gasteiger partial charge < -0.3 is 18.0 Å². The number of fused-ring (bicyclic) bond motifs is 12. The second-order valence-electron chi connectivity index (χ2n) is 28.1. The van der Waals surface area contributed by atoms with Crippen molar-refractivity contribution in [2.45, 2.75) is 0 Å². The third kappa shape index (κ3) is 11.7. The smallest absolute Gasteiger partial charge is 0.164 e. The monoisotopic (exact) mass is 1430 g/mol. The molecule has 0 spiro atoms. The highest BCUT2D eigenvalue weighted by atomic mass is 16.3. The summed E-state index contributed by atoms with van der Waals surface area (Å²) < 4.78 is 17.6. The average Bonchev–Trinajstić information content (AvgIpc) is 1.59. The standard InChI is InChI=1S/2C51H32N4O/c1-4-13-33(14-5-1)37-25-29-45-43(31-37)44-32-38(40-20-12-21-42-41-19-10-11-22-47(41)56-48(40)42)26-30-46(44)55(45)39-27-23-36(24-28-39)51-53-49(34-15-6-2-7-16-34)52-50(54-51)35-17-8-3-9-18-35;1-3-13-33(14-4-1)36-17-11-18-38(31-36)51-53-49(34-15-5-2-6-16-34)52-50(54-51)35-25-28-39(29-26-35)55-45-23-9-7-19-41(45)44-32-37(27-30-46(44)55)40-21-12-22-43-42-20-8-10-24-47(42)56-48(40)43/h2*1-32H. The molecule has 0 radical (unpaired) electrons. The predicted octanol–water partition coefficient (Wildman–Crippen LogP) is 26.4. The molecule has 0 fully saturated rings. The van der Waals surface area contributed by atoms with E-state index in [4.69, 9.17) is 38.7 Å². The number of hydrogen-bond acceptors (Lipinski definition) is 8. The Morgan fingerprint density at radius 2 is 0.446 bits per heavy atom. The van der Waals surface area contributed by atoms with Gasteiger partial charge in [-0.05, 0) is 143 Å². The van der Waals surface area contributed by atoms with Crippen LogP contribution in [0.5, 0.6) is 0 Å². The Morgan fingerprint density at radius 1 is 0.170 bits per heavy atom. The molecule has 0 amide bonds. The average molecular weight is 1430 g/mol. The molecule has 22 rings (SSSR count). The van der Waals surface area contributed by atoms with Crippen molar-refractivity contribution in [3.05, 3.63) is 388 Å². The van der Waals surface area contributed by atoms with Gasteiger partial charge in [-0.2, -0.15) is 0 Å². The first-order chi connectivity index (χ1) is 55.5. The molecule has 0 bridgehead atoms. The molecule has 112 heavy (non-hydrogen) atoms. The van der Waals surface area contributed by atoms with Crippen molar-refractivity contribution in [1.29, 1.82) is 0 Å². The number of furan rings is 2. The Labute approximate surface area is 643 Å². The summed E-state index contributed by atoms with van der Waals surface area (Å²) in [4.78, 5) is 29.9. The number of rotatable bonds is 12. The second kappa shape index (κ2) is 27.5. The molecule has 0 aliphatic carbocycles. The SMILES string of the molecule is c1ccc(-c2ccc3c(c2)c2cc(-c4cccc5c4oc4ccccc45)ccc2n3-c2ccc(-c3nc(-c4ccccc4)nc(-c4ccccc4)n3)cc2)cc1.c1ccc(-c2cccc(-c3nc(-c4ccccc4)nc(-c4ccc(-n5c6ccccc6c6cc(-c7cccc8c7oc7ccccc78)ccc65)cc4)n3)c2)cc1. The Kier molecular flexibility index (Phi) is 16.0. The Bertz CT molecular complexity index is 7280. The molecule has 0 saturated heterocycles. The van der Waals surface area contributed by atoms with E-state index in [9.17, 15) is 0 Å². The Morgan fingerprint density at radius 3 is 0.875 bits per heavy atom. The van der Waals surface area contributed by atoms with Gasteiger partial charge >= 0.3 is 0 Å². The van der Waals surface area contributed by atoms with Crippen LogP contribution in [0.2, 0.25) is 0 Å². The van der Waals surface area contributed by atoms with Crippen molar-refractivity contribution in [2.75, 3.05) is 0 Å². The largest absolute Gasteiger partial charge is 0.455 e. The third-order valence-corrected chi connectivity index (χ3v) is 21.3. The maximum absolute atomic E-state index is 6.48. The van der Waals surface area contributed by atoms with Crippen LogP contribution in [0.25, 0.3) is 212 Å². The van der Waals surface area contributed by atoms with E-state index < -0.39 is 0 Å². The van der Waals surface area contributed by atoms with E-state index in [0.29, 0.717) is 34.9 Å². The molecule has 0 aliphatic heterocycles. The molecule has 0 saturated carbocycles. The molecule has 22 aromatic rings. The summed E-state index contributed by atoms with van der Waals surface area (Å²) in [5.41, 5.74) is 24.8. The van der Waals surface area contributed by atoms with Crippen molar-refractivity contribution < 1.29 is 8.83 Å². The maximum Gasteiger partial charge on any atom is 0.164 e. The lowest BCUT2D eigenvalue weighted by atomic mass is 9.99. The van der Waals surface area contributed by atoms with Gasteiger partial charge in [0.25, 0.3) is 0 Å². The van der Waals surface area contributed by atoms with Gasteiger partial charge in [0.1, 0.15) is 22.3 Å². The van der Waals surface area contributed by atoms with Crippen molar-refractivity contribution >= 4 is 87.5 Å². The van der Waals surface area contributed by atoms with Crippen molar-refractivity contribution in [2.24, 2.45) is 0 Å². The molecular weight excluding hydrogens is 1370 g/mol. The summed E-state index contributed by atoms with van der Waals surface area (Å²) in [7, 11) is 0. The topological polar surface area (TPSA) is 113 Å². The first-order valence-electron chi connectivity index (χ1n) is 37.5. The Hall–Kier alpha value is -15.3. The second-order valence-corrected chi connectivity index (χ2v) is 28.1. The van der Waals surface area contributed by atoms with Crippen LogP contribution >= 0.6 is 0 Å². The fraction of sp³-hybridized carbons (Fsp3) is 0. The van der Waals surface area contributed by atoms with Gasteiger partial charge in [-0.25, -0.2) is 29.9 Å². The number of para-hydroxylation sites is 5. The van der Waals surface area contributed by atoms with Crippen LogP contribution in [0.1, 0.15) is 0 Å². The molecule has 0 unspecified atom stereocenters. The highest BCUT2D eigenvalue weighted by molar-refractivity contribution is 6.16. The van der Waals surface area contributed by atoms with E-state index >= 15 is 0 Å². The zero-order chi connectivity index (χ0) is 74.0. The lowest BCUT2D eigenvalue weighted by Crippen LogP contribution is -2.00. The lowest BCUT2D eigenvalue weighted by molar-refractivity contribution is 0.669. The molecule has 524 valence electrons. The Balaban J connectivity index is 0.000000141. The molecule has 0 atom stereocenters. The van der Waals surface area contributed by atoms with Crippen LogP contribution in [0.4, 0.5) is 0 Å². The fourth-order valence-electron chi connectivity index (χ4n) is 15.9. The minimum atomic E-state index is 0.622. The molecule has 10 heteroatoms. The zero-order valence-corrected chi connectivity index (χ0v) is 60.3. The molecule has 0 N–H and O–H groups in total. The molecule has 0 aliphatic rings. The van der Waals surface area contributed by atoms with Crippen LogP contribution in [-0.2, 0) is 0 Å². The predicted molar refractivity (Wildman–Crippen MR) is 457 cm³/mol. The molecule has 16 aromatic carbocycles. The fourth-order valence-corrected chi connectivity index (χ4v) is 15.9. The summed E-state index contributed by atoms with van der Waals surface area (Å²) in [6.45, 7) is 0. The summed E-state index contributed by atoms with van der Waals surface area (Å²) in [5, 5.41) is 9.24. The highest BCUT2D eigenvalue weighted by Gasteiger charge is 2.22. The van der Waals surface area contributed by atoms with Crippen LogP contribution in [0, 0.1) is 0 Å². The van der Waals surface area contributed by atoms with Crippen LogP contribution < -0.4 is 0 Å². The van der Waals surface area contributed by atoms with Crippen molar-refractivity contribution in [3.8, 4) is 124 Å². The van der Waals surface area contributed by atoms with E-state index in [-0.39, 0.29) is 0 Å².